The topological polar surface area (TPSA) is 40.9 Å². The molecule has 1 unspecified atom stereocenters. The Morgan fingerprint density at radius 2 is 2.21 bits per heavy atom. The van der Waals surface area contributed by atoms with Crippen LogP contribution in [0.2, 0.25) is 0 Å². The van der Waals surface area contributed by atoms with Crippen molar-refractivity contribution in [3.05, 3.63) is 35.8 Å². The molecule has 3 rings (SSSR count). The first-order valence-corrected chi connectivity index (χ1v) is 8.89. The van der Waals surface area contributed by atoms with Crippen LogP contribution in [0.25, 0.3) is 5.65 Å². The summed E-state index contributed by atoms with van der Waals surface area (Å²) in [6.07, 6.45) is 6.22. The maximum atomic E-state index is 11.8. The second-order valence-corrected chi connectivity index (χ2v) is 7.14. The summed E-state index contributed by atoms with van der Waals surface area (Å²) in [5, 5.41) is 0. The van der Waals surface area contributed by atoms with Gasteiger partial charge in [0.05, 0.1) is 11.4 Å². The van der Waals surface area contributed by atoms with Crippen LogP contribution < -0.4 is 0 Å². The smallest absolute Gasteiger partial charge is 0.222 e. The first-order valence-electron chi connectivity index (χ1n) is 8.89. The van der Waals surface area contributed by atoms with E-state index in [1.54, 1.807) is 4.90 Å². The third-order valence-corrected chi connectivity index (χ3v) is 5.07. The van der Waals surface area contributed by atoms with Gasteiger partial charge >= 0.3 is 0 Å². The molecule has 2 aromatic rings. The molecule has 1 amide bonds. The Balaban J connectivity index is 1.62. The highest BCUT2D eigenvalue weighted by molar-refractivity contribution is 5.75. The molecule has 1 aliphatic heterocycles. The number of rotatable bonds is 5. The standard InChI is InChI=1S/C19H28N4O/c1-15-17(23-12-5-4-8-18(23)20-15)14-22-11-6-7-16(13-22)9-10-19(24)21(2)3/h4-5,8,12,16H,6-7,9-11,13-14H2,1-3H3. The Kier molecular flexibility index (Phi) is 5.19. The van der Waals surface area contributed by atoms with Crippen LogP contribution in [0, 0.1) is 12.8 Å². The molecule has 0 aromatic carbocycles. The Morgan fingerprint density at radius 3 is 3.00 bits per heavy atom. The van der Waals surface area contributed by atoms with E-state index >= 15 is 0 Å². The third-order valence-electron chi connectivity index (χ3n) is 5.07. The van der Waals surface area contributed by atoms with E-state index in [0.29, 0.717) is 12.3 Å². The summed E-state index contributed by atoms with van der Waals surface area (Å²) in [7, 11) is 3.67. The van der Waals surface area contributed by atoms with Gasteiger partial charge in [-0.2, -0.15) is 0 Å². The zero-order chi connectivity index (χ0) is 17.1. The summed E-state index contributed by atoms with van der Waals surface area (Å²) in [6.45, 7) is 5.26. The van der Waals surface area contributed by atoms with Crippen molar-refractivity contribution in [1.82, 2.24) is 19.2 Å². The molecule has 2 aromatic heterocycles. The van der Waals surface area contributed by atoms with E-state index in [9.17, 15) is 4.79 Å². The quantitative estimate of drug-likeness (QED) is 0.847. The fraction of sp³-hybridized carbons (Fsp3) is 0.579. The molecule has 1 atom stereocenters. The van der Waals surface area contributed by atoms with Gasteiger partial charge in [0.25, 0.3) is 0 Å². The Labute approximate surface area is 144 Å². The summed E-state index contributed by atoms with van der Waals surface area (Å²) < 4.78 is 2.20. The molecular formula is C19H28N4O. The van der Waals surface area contributed by atoms with Crippen molar-refractivity contribution in [3.8, 4) is 0 Å². The molecule has 0 radical (unpaired) electrons. The van der Waals surface area contributed by atoms with E-state index in [-0.39, 0.29) is 5.91 Å². The summed E-state index contributed by atoms with van der Waals surface area (Å²) in [5.74, 6) is 0.867. The number of aryl methyl sites for hydroxylation is 1. The van der Waals surface area contributed by atoms with Crippen molar-refractivity contribution in [3.63, 3.8) is 0 Å². The summed E-state index contributed by atoms with van der Waals surface area (Å²) >= 11 is 0. The second kappa shape index (κ2) is 7.34. The van der Waals surface area contributed by atoms with Crippen molar-refractivity contribution >= 4 is 11.6 Å². The number of likely N-dealkylation sites (tertiary alicyclic amines) is 1. The minimum atomic E-state index is 0.241. The number of fused-ring (bicyclic) bond motifs is 1. The van der Waals surface area contributed by atoms with E-state index in [1.165, 1.54) is 18.5 Å². The van der Waals surface area contributed by atoms with E-state index in [0.717, 1.165) is 37.4 Å². The van der Waals surface area contributed by atoms with Gasteiger partial charge < -0.3 is 9.30 Å². The molecule has 5 nitrogen and oxygen atoms in total. The van der Waals surface area contributed by atoms with E-state index < -0.39 is 0 Å². The van der Waals surface area contributed by atoms with Gasteiger partial charge in [-0.3, -0.25) is 9.69 Å². The SMILES string of the molecule is Cc1nc2ccccn2c1CN1CCCC(CCC(=O)N(C)C)C1. The van der Waals surface area contributed by atoms with Crippen LogP contribution >= 0.6 is 0 Å². The molecular weight excluding hydrogens is 300 g/mol. The highest BCUT2D eigenvalue weighted by Gasteiger charge is 2.22. The largest absolute Gasteiger partial charge is 0.349 e. The van der Waals surface area contributed by atoms with Gasteiger partial charge in [0.15, 0.2) is 0 Å². The second-order valence-electron chi connectivity index (χ2n) is 7.14. The number of piperidine rings is 1. The molecule has 1 saturated heterocycles. The van der Waals surface area contributed by atoms with Crippen LogP contribution in [0.3, 0.4) is 0 Å². The molecule has 0 N–H and O–H groups in total. The summed E-state index contributed by atoms with van der Waals surface area (Å²) in [6, 6.07) is 6.15. The third kappa shape index (κ3) is 3.78. The van der Waals surface area contributed by atoms with Crippen molar-refractivity contribution in [2.24, 2.45) is 5.92 Å². The lowest BCUT2D eigenvalue weighted by Crippen LogP contribution is -2.36. The number of aromatic nitrogens is 2. The predicted octanol–water partition coefficient (Wildman–Crippen LogP) is 2.72. The number of imidazole rings is 1. The Hall–Kier alpha value is -1.88. The molecule has 0 spiro atoms. The number of pyridine rings is 1. The summed E-state index contributed by atoms with van der Waals surface area (Å²) in [5.41, 5.74) is 3.43. The van der Waals surface area contributed by atoms with Crippen LogP contribution in [0.15, 0.2) is 24.4 Å². The molecule has 24 heavy (non-hydrogen) atoms. The van der Waals surface area contributed by atoms with Crippen molar-refractivity contribution in [2.45, 2.75) is 39.2 Å². The normalized spacial score (nSPS) is 18.9. The Bertz CT molecular complexity index is 706. The minimum Gasteiger partial charge on any atom is -0.349 e. The number of carbonyl (C=O) groups is 1. The fourth-order valence-corrected chi connectivity index (χ4v) is 3.65. The highest BCUT2D eigenvalue weighted by Crippen LogP contribution is 2.24. The molecule has 3 heterocycles. The average molecular weight is 328 g/mol. The van der Waals surface area contributed by atoms with Crippen molar-refractivity contribution in [1.29, 1.82) is 0 Å². The van der Waals surface area contributed by atoms with Gasteiger partial charge in [0, 0.05) is 39.8 Å². The number of hydrogen-bond acceptors (Lipinski definition) is 3. The molecule has 0 aliphatic carbocycles. The number of amides is 1. The molecule has 5 heteroatoms. The van der Waals surface area contributed by atoms with Crippen molar-refractivity contribution < 1.29 is 4.79 Å². The lowest BCUT2D eigenvalue weighted by molar-refractivity contribution is -0.129. The number of hydrogen-bond donors (Lipinski definition) is 0. The maximum absolute atomic E-state index is 11.8. The minimum absolute atomic E-state index is 0.241. The maximum Gasteiger partial charge on any atom is 0.222 e. The predicted molar refractivity (Wildman–Crippen MR) is 95.9 cm³/mol. The first-order chi connectivity index (χ1) is 11.5. The van der Waals surface area contributed by atoms with Crippen LogP contribution in [0.5, 0.6) is 0 Å². The zero-order valence-electron chi connectivity index (χ0n) is 15.0. The number of carbonyl (C=O) groups excluding carboxylic acids is 1. The Morgan fingerprint density at radius 1 is 1.38 bits per heavy atom. The van der Waals surface area contributed by atoms with Crippen molar-refractivity contribution in [2.75, 3.05) is 27.2 Å². The molecule has 1 aliphatic rings. The molecule has 0 saturated carbocycles. The lowest BCUT2D eigenvalue weighted by atomic mass is 9.93. The highest BCUT2D eigenvalue weighted by atomic mass is 16.2. The van der Waals surface area contributed by atoms with Gasteiger partial charge in [0.2, 0.25) is 5.91 Å². The number of nitrogens with zero attached hydrogens (tertiary/aromatic N) is 4. The van der Waals surface area contributed by atoms with Crippen LogP contribution in [0.1, 0.15) is 37.1 Å². The van der Waals surface area contributed by atoms with E-state index in [4.69, 9.17) is 0 Å². The lowest BCUT2D eigenvalue weighted by Gasteiger charge is -2.32. The van der Waals surface area contributed by atoms with Gasteiger partial charge in [-0.1, -0.05) is 6.07 Å². The molecule has 1 fully saturated rings. The van der Waals surface area contributed by atoms with Gasteiger partial charge in [-0.25, -0.2) is 4.98 Å². The molecule has 0 bridgehead atoms. The van der Waals surface area contributed by atoms with E-state index in [1.807, 2.05) is 20.2 Å². The average Bonchev–Trinajstić information content (AvgIpc) is 2.89. The van der Waals surface area contributed by atoms with Crippen LogP contribution in [-0.4, -0.2) is 52.3 Å². The van der Waals surface area contributed by atoms with E-state index in [2.05, 4.69) is 39.5 Å². The van der Waals surface area contributed by atoms with Crippen LogP contribution in [0.4, 0.5) is 0 Å². The molecule has 130 valence electrons. The van der Waals surface area contributed by atoms with Gasteiger partial charge in [-0.05, 0) is 50.8 Å². The zero-order valence-corrected chi connectivity index (χ0v) is 15.0. The first kappa shape index (κ1) is 17.0. The van der Waals surface area contributed by atoms with Gasteiger partial charge in [-0.15, -0.1) is 0 Å². The summed E-state index contributed by atoms with van der Waals surface area (Å²) in [4.78, 5) is 20.7. The fourth-order valence-electron chi connectivity index (χ4n) is 3.65. The van der Waals surface area contributed by atoms with Gasteiger partial charge in [0.1, 0.15) is 5.65 Å². The monoisotopic (exact) mass is 328 g/mol. The van der Waals surface area contributed by atoms with Crippen LogP contribution in [-0.2, 0) is 11.3 Å².